The Balaban J connectivity index is 3.24. The van der Waals surface area contributed by atoms with Crippen LogP contribution in [-0.4, -0.2) is 36.2 Å². The van der Waals surface area contributed by atoms with Gasteiger partial charge in [0.15, 0.2) is 0 Å². The molecule has 1 atom stereocenters. The molecule has 3 N–H and O–H groups in total. The maximum absolute atomic E-state index is 12.2. The SMILES string of the molecule is CC(O)C(C)(C)NS(=O)(=O)c1ccc(Cl)c(C(=O)O)c1. The molecule has 0 aliphatic carbocycles. The van der Waals surface area contributed by atoms with E-state index >= 15 is 0 Å². The van der Waals surface area contributed by atoms with Crippen LogP contribution in [0.1, 0.15) is 31.1 Å². The van der Waals surface area contributed by atoms with E-state index in [4.69, 9.17) is 16.7 Å². The molecule has 0 aliphatic rings. The average molecular weight is 322 g/mol. The second-order valence-corrected chi connectivity index (χ2v) is 7.04. The second kappa shape index (κ2) is 5.69. The van der Waals surface area contributed by atoms with Gasteiger partial charge >= 0.3 is 5.97 Å². The van der Waals surface area contributed by atoms with Crippen LogP contribution in [0.5, 0.6) is 0 Å². The van der Waals surface area contributed by atoms with Crippen molar-refractivity contribution < 1.29 is 23.4 Å². The highest BCUT2D eigenvalue weighted by Gasteiger charge is 2.31. The van der Waals surface area contributed by atoms with Crippen molar-refractivity contribution in [1.29, 1.82) is 0 Å². The number of aliphatic hydroxyl groups excluding tert-OH is 1. The zero-order valence-electron chi connectivity index (χ0n) is 11.2. The van der Waals surface area contributed by atoms with Gasteiger partial charge in [-0.3, -0.25) is 0 Å². The van der Waals surface area contributed by atoms with Crippen LogP contribution in [-0.2, 0) is 10.0 Å². The van der Waals surface area contributed by atoms with E-state index in [-0.39, 0.29) is 15.5 Å². The standard InChI is InChI=1S/C12H16ClNO5S/c1-7(15)12(2,3)14-20(18,19)8-4-5-10(13)9(6-8)11(16)17/h4-7,14-15H,1-3H3,(H,16,17). The summed E-state index contributed by atoms with van der Waals surface area (Å²) in [7, 11) is -3.97. The Bertz CT molecular complexity index is 625. The fraction of sp³-hybridized carbons (Fsp3) is 0.417. The topological polar surface area (TPSA) is 104 Å². The number of aliphatic hydroxyl groups is 1. The first-order valence-corrected chi connectivity index (χ1v) is 7.58. The minimum atomic E-state index is -3.97. The zero-order valence-corrected chi connectivity index (χ0v) is 12.8. The molecule has 1 aromatic carbocycles. The normalized spacial score (nSPS) is 14.1. The molecule has 1 rings (SSSR count). The monoisotopic (exact) mass is 321 g/mol. The van der Waals surface area contributed by atoms with Gasteiger partial charge in [0.25, 0.3) is 0 Å². The van der Waals surface area contributed by atoms with Crippen molar-refractivity contribution in [2.24, 2.45) is 0 Å². The summed E-state index contributed by atoms with van der Waals surface area (Å²) in [6.45, 7) is 4.49. The van der Waals surface area contributed by atoms with Crippen molar-refractivity contribution in [1.82, 2.24) is 4.72 Å². The number of halogens is 1. The lowest BCUT2D eigenvalue weighted by Gasteiger charge is -2.28. The number of hydrogen-bond donors (Lipinski definition) is 3. The molecule has 0 fully saturated rings. The van der Waals surface area contributed by atoms with Crippen molar-refractivity contribution in [3.63, 3.8) is 0 Å². The van der Waals surface area contributed by atoms with Crippen LogP contribution in [0, 0.1) is 0 Å². The number of carboxylic acids is 1. The summed E-state index contributed by atoms with van der Waals surface area (Å²) >= 11 is 5.69. The van der Waals surface area contributed by atoms with E-state index in [9.17, 15) is 18.3 Å². The minimum Gasteiger partial charge on any atom is -0.478 e. The lowest BCUT2D eigenvalue weighted by molar-refractivity contribution is 0.0696. The molecule has 0 heterocycles. The Morgan fingerprint density at radius 1 is 1.40 bits per heavy atom. The predicted octanol–water partition coefficient (Wildman–Crippen LogP) is 1.48. The highest BCUT2D eigenvalue weighted by atomic mass is 35.5. The van der Waals surface area contributed by atoms with Gasteiger partial charge < -0.3 is 10.2 Å². The quantitative estimate of drug-likeness (QED) is 0.762. The van der Waals surface area contributed by atoms with Crippen molar-refractivity contribution >= 4 is 27.6 Å². The number of hydrogen-bond acceptors (Lipinski definition) is 4. The molecule has 0 bridgehead atoms. The number of benzene rings is 1. The van der Waals surface area contributed by atoms with Gasteiger partial charge in [-0.05, 0) is 39.0 Å². The number of rotatable bonds is 5. The van der Waals surface area contributed by atoms with E-state index < -0.39 is 27.6 Å². The highest BCUT2D eigenvalue weighted by Crippen LogP contribution is 2.22. The summed E-state index contributed by atoms with van der Waals surface area (Å²) in [6.07, 6.45) is -0.927. The molecular formula is C12H16ClNO5S. The molecule has 20 heavy (non-hydrogen) atoms. The van der Waals surface area contributed by atoms with Gasteiger partial charge in [0.1, 0.15) is 0 Å². The summed E-state index contributed by atoms with van der Waals surface area (Å²) in [4.78, 5) is 10.7. The van der Waals surface area contributed by atoms with Gasteiger partial charge in [-0.2, -0.15) is 0 Å². The summed E-state index contributed by atoms with van der Waals surface area (Å²) in [6, 6.07) is 3.38. The number of carboxylic acid groups (broad SMARTS) is 1. The molecule has 8 heteroatoms. The third-order valence-corrected chi connectivity index (χ3v) is 4.92. The lowest BCUT2D eigenvalue weighted by Crippen LogP contribution is -2.50. The van der Waals surface area contributed by atoms with Crippen molar-refractivity contribution in [3.8, 4) is 0 Å². The Morgan fingerprint density at radius 3 is 2.40 bits per heavy atom. The molecule has 0 radical (unpaired) electrons. The largest absolute Gasteiger partial charge is 0.478 e. The first-order chi connectivity index (χ1) is 8.97. The van der Waals surface area contributed by atoms with E-state index in [2.05, 4.69) is 4.72 Å². The first kappa shape index (κ1) is 16.9. The Hall–Kier alpha value is -1.15. The molecule has 0 amide bonds. The summed E-state index contributed by atoms with van der Waals surface area (Å²) in [5.74, 6) is -1.32. The van der Waals surface area contributed by atoms with Crippen LogP contribution in [0.25, 0.3) is 0 Å². The van der Waals surface area contributed by atoms with Crippen molar-refractivity contribution in [2.45, 2.75) is 37.3 Å². The molecule has 0 spiro atoms. The van der Waals surface area contributed by atoms with Crippen LogP contribution in [0.4, 0.5) is 0 Å². The van der Waals surface area contributed by atoms with Gasteiger partial charge in [0.05, 0.1) is 27.1 Å². The number of carbonyl (C=O) groups is 1. The maximum atomic E-state index is 12.2. The molecule has 0 saturated heterocycles. The van der Waals surface area contributed by atoms with Gasteiger partial charge in [-0.15, -0.1) is 0 Å². The second-order valence-electron chi connectivity index (χ2n) is 4.95. The van der Waals surface area contributed by atoms with Crippen LogP contribution in [0.2, 0.25) is 5.02 Å². The van der Waals surface area contributed by atoms with E-state index in [0.29, 0.717) is 0 Å². The van der Waals surface area contributed by atoms with Crippen LogP contribution in [0.3, 0.4) is 0 Å². The van der Waals surface area contributed by atoms with Crippen LogP contribution in [0.15, 0.2) is 23.1 Å². The molecule has 6 nitrogen and oxygen atoms in total. The molecule has 0 aliphatic heterocycles. The fourth-order valence-electron chi connectivity index (χ4n) is 1.33. The Morgan fingerprint density at radius 2 is 1.95 bits per heavy atom. The molecule has 0 aromatic heterocycles. The van der Waals surface area contributed by atoms with Crippen molar-refractivity contribution in [3.05, 3.63) is 28.8 Å². The Kier molecular flexibility index (Phi) is 4.81. The summed E-state index contributed by atoms with van der Waals surface area (Å²) in [5.41, 5.74) is -1.40. The molecule has 0 saturated carbocycles. The van der Waals surface area contributed by atoms with E-state index in [1.807, 2.05) is 0 Å². The molecule has 1 unspecified atom stereocenters. The molecule has 112 valence electrons. The minimum absolute atomic E-state index is 0.0498. The van der Waals surface area contributed by atoms with E-state index in [1.54, 1.807) is 0 Å². The first-order valence-electron chi connectivity index (χ1n) is 5.72. The average Bonchev–Trinajstić information content (AvgIpc) is 2.27. The number of aromatic carboxylic acids is 1. The zero-order chi connectivity index (χ0) is 15.7. The summed E-state index contributed by atoms with van der Waals surface area (Å²) in [5, 5.41) is 18.4. The molecular weight excluding hydrogens is 306 g/mol. The molecule has 1 aromatic rings. The van der Waals surface area contributed by atoms with Gasteiger partial charge in [-0.25, -0.2) is 17.9 Å². The fourth-order valence-corrected chi connectivity index (χ4v) is 3.03. The third-order valence-electron chi connectivity index (χ3n) is 2.92. The van der Waals surface area contributed by atoms with Gasteiger partial charge in [0, 0.05) is 0 Å². The highest BCUT2D eigenvalue weighted by molar-refractivity contribution is 7.89. The van der Waals surface area contributed by atoms with E-state index in [0.717, 1.165) is 6.07 Å². The predicted molar refractivity (Wildman–Crippen MR) is 74.5 cm³/mol. The van der Waals surface area contributed by atoms with Gasteiger partial charge in [0.2, 0.25) is 10.0 Å². The maximum Gasteiger partial charge on any atom is 0.337 e. The van der Waals surface area contributed by atoms with Crippen LogP contribution >= 0.6 is 11.6 Å². The third kappa shape index (κ3) is 3.69. The Labute approximate surface area is 122 Å². The number of nitrogens with one attached hydrogen (secondary N) is 1. The van der Waals surface area contributed by atoms with E-state index in [1.165, 1.54) is 32.9 Å². The van der Waals surface area contributed by atoms with Gasteiger partial charge in [-0.1, -0.05) is 11.6 Å². The lowest BCUT2D eigenvalue weighted by atomic mass is 10.0. The summed E-state index contributed by atoms with van der Waals surface area (Å²) < 4.78 is 26.7. The van der Waals surface area contributed by atoms with Crippen molar-refractivity contribution in [2.75, 3.05) is 0 Å². The number of sulfonamides is 1. The van der Waals surface area contributed by atoms with Crippen LogP contribution < -0.4 is 4.72 Å². The smallest absolute Gasteiger partial charge is 0.337 e.